The first kappa shape index (κ1) is 19.8. The van der Waals surface area contributed by atoms with Gasteiger partial charge in [0.25, 0.3) is 0 Å². The lowest BCUT2D eigenvalue weighted by Gasteiger charge is -2.31. The van der Waals surface area contributed by atoms with Gasteiger partial charge in [-0.1, -0.05) is 0 Å². The summed E-state index contributed by atoms with van der Waals surface area (Å²) in [6, 6.07) is 4.83. The standard InChI is InChI=1S/C18H26N4O4S/c19-8-9-20-18(24)14-4-2-10-22(12-14)27(25,26)15-6-7-16-13(11-15)3-1-5-17(23)21-16/h6-7,11,14H,1-5,8-10,12,19H2,(H,20,24)(H,21,23). The molecule has 1 fully saturated rings. The predicted molar refractivity (Wildman–Crippen MR) is 102 cm³/mol. The van der Waals surface area contributed by atoms with E-state index in [1.165, 1.54) is 10.4 Å². The van der Waals surface area contributed by atoms with Gasteiger partial charge in [0.05, 0.1) is 10.8 Å². The summed E-state index contributed by atoms with van der Waals surface area (Å²) in [5.74, 6) is -0.558. The number of fused-ring (bicyclic) bond motifs is 1. The molecule has 0 radical (unpaired) electrons. The van der Waals surface area contributed by atoms with E-state index in [4.69, 9.17) is 5.73 Å². The van der Waals surface area contributed by atoms with E-state index >= 15 is 0 Å². The Morgan fingerprint density at radius 3 is 2.89 bits per heavy atom. The van der Waals surface area contributed by atoms with Crippen LogP contribution in [0.25, 0.3) is 0 Å². The van der Waals surface area contributed by atoms with Crippen LogP contribution in [0.15, 0.2) is 23.1 Å². The number of carbonyl (C=O) groups excluding carboxylic acids is 2. The minimum Gasteiger partial charge on any atom is -0.355 e. The Morgan fingerprint density at radius 1 is 1.30 bits per heavy atom. The number of anilines is 1. The molecule has 2 aliphatic rings. The fourth-order valence-corrected chi connectivity index (χ4v) is 5.15. The summed E-state index contributed by atoms with van der Waals surface area (Å²) in [5.41, 5.74) is 6.91. The summed E-state index contributed by atoms with van der Waals surface area (Å²) in [6.07, 6.45) is 3.08. The molecule has 8 nitrogen and oxygen atoms in total. The van der Waals surface area contributed by atoms with E-state index in [0.29, 0.717) is 57.4 Å². The van der Waals surface area contributed by atoms with Crippen molar-refractivity contribution in [3.63, 3.8) is 0 Å². The van der Waals surface area contributed by atoms with Crippen molar-refractivity contribution in [2.24, 2.45) is 11.7 Å². The average Bonchev–Trinajstić information content (AvgIpc) is 2.86. The number of hydrogen-bond donors (Lipinski definition) is 3. The number of rotatable bonds is 5. The van der Waals surface area contributed by atoms with Gasteiger partial charge in [-0.05, 0) is 49.4 Å². The van der Waals surface area contributed by atoms with Gasteiger partial charge in [0.15, 0.2) is 0 Å². The number of amides is 2. The number of nitrogens with two attached hydrogens (primary N) is 1. The monoisotopic (exact) mass is 394 g/mol. The molecule has 0 bridgehead atoms. The first-order valence-electron chi connectivity index (χ1n) is 9.32. The Labute approximate surface area is 159 Å². The van der Waals surface area contributed by atoms with Gasteiger partial charge in [-0.15, -0.1) is 0 Å². The largest absolute Gasteiger partial charge is 0.355 e. The number of benzene rings is 1. The maximum absolute atomic E-state index is 13.1. The zero-order chi connectivity index (χ0) is 19.4. The zero-order valence-electron chi connectivity index (χ0n) is 15.2. The van der Waals surface area contributed by atoms with Gasteiger partial charge < -0.3 is 16.4 Å². The number of sulfonamides is 1. The van der Waals surface area contributed by atoms with E-state index in [0.717, 1.165) is 5.56 Å². The molecule has 0 aromatic heterocycles. The molecular formula is C18H26N4O4S. The van der Waals surface area contributed by atoms with Gasteiger partial charge in [0.1, 0.15) is 0 Å². The molecule has 1 atom stereocenters. The van der Waals surface area contributed by atoms with Crippen molar-refractivity contribution in [3.05, 3.63) is 23.8 Å². The summed E-state index contributed by atoms with van der Waals surface area (Å²) < 4.78 is 27.6. The molecule has 2 heterocycles. The second kappa shape index (κ2) is 8.37. The second-order valence-corrected chi connectivity index (χ2v) is 8.94. The van der Waals surface area contributed by atoms with Crippen LogP contribution in [0.5, 0.6) is 0 Å². The summed E-state index contributed by atoms with van der Waals surface area (Å²) >= 11 is 0. The van der Waals surface area contributed by atoms with Gasteiger partial charge in [0.2, 0.25) is 21.8 Å². The summed E-state index contributed by atoms with van der Waals surface area (Å²) in [6.45, 7) is 1.31. The Bertz CT molecular complexity index is 825. The smallest absolute Gasteiger partial charge is 0.243 e. The molecule has 1 aromatic rings. The molecule has 27 heavy (non-hydrogen) atoms. The number of nitrogens with one attached hydrogen (secondary N) is 2. The van der Waals surface area contributed by atoms with Crippen LogP contribution in [0.4, 0.5) is 5.69 Å². The first-order valence-corrected chi connectivity index (χ1v) is 10.8. The first-order chi connectivity index (χ1) is 12.9. The molecule has 3 rings (SSSR count). The highest BCUT2D eigenvalue weighted by Crippen LogP contribution is 2.29. The van der Waals surface area contributed by atoms with E-state index in [-0.39, 0.29) is 29.2 Å². The Hall–Kier alpha value is -1.97. The molecule has 1 unspecified atom stereocenters. The SMILES string of the molecule is NCCNC(=O)C1CCCN(S(=O)(=O)c2ccc3c(c2)CCCC(=O)N3)C1. The minimum absolute atomic E-state index is 0.0493. The molecule has 9 heteroatoms. The van der Waals surface area contributed by atoms with E-state index < -0.39 is 10.0 Å². The maximum atomic E-state index is 13.1. The summed E-state index contributed by atoms with van der Waals surface area (Å²) in [7, 11) is -3.69. The zero-order valence-corrected chi connectivity index (χ0v) is 16.1. The van der Waals surface area contributed by atoms with Crippen LogP contribution in [0.2, 0.25) is 0 Å². The van der Waals surface area contributed by atoms with Crippen LogP contribution in [0.3, 0.4) is 0 Å². The van der Waals surface area contributed by atoms with Crippen molar-refractivity contribution in [1.29, 1.82) is 0 Å². The van der Waals surface area contributed by atoms with Crippen molar-refractivity contribution in [2.75, 3.05) is 31.5 Å². The fraction of sp³-hybridized carbons (Fsp3) is 0.556. The number of carbonyl (C=O) groups is 2. The van der Waals surface area contributed by atoms with Crippen molar-refractivity contribution in [1.82, 2.24) is 9.62 Å². The van der Waals surface area contributed by atoms with Gasteiger partial charge >= 0.3 is 0 Å². The normalized spacial score (nSPS) is 21.1. The molecule has 148 valence electrons. The Balaban J connectivity index is 1.78. The topological polar surface area (TPSA) is 122 Å². The summed E-state index contributed by atoms with van der Waals surface area (Å²) in [4.78, 5) is 24.1. The molecule has 0 spiro atoms. The van der Waals surface area contributed by atoms with Gasteiger partial charge in [-0.25, -0.2) is 8.42 Å². The molecular weight excluding hydrogens is 368 g/mol. The van der Waals surface area contributed by atoms with Gasteiger partial charge in [-0.3, -0.25) is 9.59 Å². The van der Waals surface area contributed by atoms with Crippen molar-refractivity contribution < 1.29 is 18.0 Å². The predicted octanol–water partition coefficient (Wildman–Crippen LogP) is 0.437. The highest BCUT2D eigenvalue weighted by Gasteiger charge is 2.33. The lowest BCUT2D eigenvalue weighted by molar-refractivity contribution is -0.126. The van der Waals surface area contributed by atoms with E-state index in [1.807, 2.05) is 0 Å². The second-order valence-electron chi connectivity index (χ2n) is 7.00. The van der Waals surface area contributed by atoms with Crippen LogP contribution in [0, 0.1) is 5.92 Å². The van der Waals surface area contributed by atoms with Gasteiger partial charge in [0, 0.05) is 38.3 Å². The van der Waals surface area contributed by atoms with E-state index in [9.17, 15) is 18.0 Å². The van der Waals surface area contributed by atoms with Crippen LogP contribution in [0.1, 0.15) is 31.2 Å². The van der Waals surface area contributed by atoms with Crippen molar-refractivity contribution in [2.45, 2.75) is 37.0 Å². The average molecular weight is 394 g/mol. The third kappa shape index (κ3) is 4.48. The van der Waals surface area contributed by atoms with Crippen molar-refractivity contribution >= 4 is 27.5 Å². The molecule has 2 aliphatic heterocycles. The summed E-state index contributed by atoms with van der Waals surface area (Å²) in [5, 5.41) is 5.55. The molecule has 0 aliphatic carbocycles. The van der Waals surface area contributed by atoms with E-state index in [1.54, 1.807) is 12.1 Å². The van der Waals surface area contributed by atoms with Gasteiger partial charge in [-0.2, -0.15) is 4.31 Å². The fourth-order valence-electron chi connectivity index (χ4n) is 3.57. The highest BCUT2D eigenvalue weighted by molar-refractivity contribution is 7.89. The third-order valence-electron chi connectivity index (χ3n) is 5.04. The molecule has 0 saturated carbocycles. The Kier molecular flexibility index (Phi) is 6.13. The van der Waals surface area contributed by atoms with Crippen molar-refractivity contribution in [3.8, 4) is 0 Å². The lowest BCUT2D eigenvalue weighted by atomic mass is 9.99. The molecule has 2 amide bonds. The molecule has 1 aromatic carbocycles. The number of piperidine rings is 1. The number of aryl methyl sites for hydroxylation is 1. The van der Waals surface area contributed by atoms with Crippen LogP contribution in [-0.2, 0) is 26.0 Å². The van der Waals surface area contributed by atoms with Crippen LogP contribution in [-0.4, -0.2) is 50.7 Å². The van der Waals surface area contributed by atoms with E-state index in [2.05, 4.69) is 10.6 Å². The lowest BCUT2D eigenvalue weighted by Crippen LogP contribution is -2.46. The Morgan fingerprint density at radius 2 is 2.11 bits per heavy atom. The third-order valence-corrected chi connectivity index (χ3v) is 6.90. The minimum atomic E-state index is -3.69. The maximum Gasteiger partial charge on any atom is 0.243 e. The highest BCUT2D eigenvalue weighted by atomic mass is 32.2. The number of nitrogens with zero attached hydrogens (tertiary/aromatic N) is 1. The number of hydrogen-bond acceptors (Lipinski definition) is 5. The quantitative estimate of drug-likeness (QED) is 0.669. The van der Waals surface area contributed by atoms with Crippen LogP contribution >= 0.6 is 0 Å². The van der Waals surface area contributed by atoms with Crippen LogP contribution < -0.4 is 16.4 Å². The molecule has 1 saturated heterocycles. The molecule has 4 N–H and O–H groups in total.